The first kappa shape index (κ1) is 20.8. The summed E-state index contributed by atoms with van der Waals surface area (Å²) in [5, 5.41) is 0. The van der Waals surface area contributed by atoms with Gasteiger partial charge in [0.2, 0.25) is 0 Å². The Morgan fingerprint density at radius 3 is 1.45 bits per heavy atom. The highest BCUT2D eigenvalue weighted by atomic mass is 16.5. The number of pyridine rings is 4. The summed E-state index contributed by atoms with van der Waals surface area (Å²) < 4.78 is 11.5. The van der Waals surface area contributed by atoms with Crippen molar-refractivity contribution in [3.63, 3.8) is 0 Å². The van der Waals surface area contributed by atoms with Crippen LogP contribution in [0.15, 0.2) is 85.2 Å². The van der Waals surface area contributed by atoms with Gasteiger partial charge in [-0.3, -0.25) is 9.97 Å². The molecule has 31 heavy (non-hydrogen) atoms. The molecule has 0 radical (unpaired) electrons. The molecule has 0 bridgehead atoms. The van der Waals surface area contributed by atoms with Crippen molar-refractivity contribution in [1.82, 2.24) is 19.9 Å². The Morgan fingerprint density at radius 2 is 1.00 bits per heavy atom. The molecule has 4 heterocycles. The van der Waals surface area contributed by atoms with Crippen molar-refractivity contribution in [2.24, 2.45) is 0 Å². The molecule has 4 aromatic rings. The van der Waals surface area contributed by atoms with Gasteiger partial charge in [0.15, 0.2) is 0 Å². The number of rotatable bonds is 10. The molecule has 6 nitrogen and oxygen atoms in total. The van der Waals surface area contributed by atoms with Crippen molar-refractivity contribution in [3.05, 3.63) is 96.6 Å². The lowest BCUT2D eigenvalue weighted by molar-refractivity contribution is 0.0674. The van der Waals surface area contributed by atoms with Gasteiger partial charge in [0, 0.05) is 25.6 Å². The summed E-state index contributed by atoms with van der Waals surface area (Å²) in [7, 11) is 0. The minimum atomic E-state index is 0.467. The normalized spacial score (nSPS) is 10.8. The van der Waals surface area contributed by atoms with E-state index in [1.807, 2.05) is 72.8 Å². The van der Waals surface area contributed by atoms with Gasteiger partial charge < -0.3 is 9.47 Å². The Kier molecular flexibility index (Phi) is 7.41. The maximum absolute atomic E-state index is 5.75. The Balaban J connectivity index is 1.17. The second-order valence-electron chi connectivity index (χ2n) is 6.92. The van der Waals surface area contributed by atoms with E-state index in [4.69, 9.17) is 9.47 Å². The summed E-state index contributed by atoms with van der Waals surface area (Å²) in [4.78, 5) is 17.9. The molecule has 0 aliphatic heterocycles. The monoisotopic (exact) mass is 412 g/mol. The van der Waals surface area contributed by atoms with Gasteiger partial charge in [-0.1, -0.05) is 24.3 Å². The van der Waals surface area contributed by atoms with Crippen molar-refractivity contribution in [2.75, 3.05) is 13.2 Å². The third-order valence-corrected chi connectivity index (χ3v) is 4.55. The summed E-state index contributed by atoms with van der Waals surface area (Å²) >= 11 is 0. The van der Waals surface area contributed by atoms with Crippen LogP contribution in [0.1, 0.15) is 17.8 Å². The zero-order chi connectivity index (χ0) is 21.1. The van der Waals surface area contributed by atoms with Crippen LogP contribution in [0.25, 0.3) is 22.8 Å². The van der Waals surface area contributed by atoms with Crippen molar-refractivity contribution in [1.29, 1.82) is 0 Å². The summed E-state index contributed by atoms with van der Waals surface area (Å²) in [6.45, 7) is 2.15. The van der Waals surface area contributed by atoms with Crippen molar-refractivity contribution < 1.29 is 9.47 Å². The number of hydrogen-bond acceptors (Lipinski definition) is 6. The predicted octanol–water partition coefficient (Wildman–Crippen LogP) is 4.72. The summed E-state index contributed by atoms with van der Waals surface area (Å²) in [5.74, 6) is 0. The largest absolute Gasteiger partial charge is 0.375 e. The van der Waals surface area contributed by atoms with E-state index in [0.717, 1.165) is 40.6 Å². The molecule has 0 atom stereocenters. The van der Waals surface area contributed by atoms with Crippen LogP contribution in [0.4, 0.5) is 0 Å². The standard InChI is InChI=1S/C25H24N4O2/c1-3-14-26-22(10-1)24-12-5-8-20(28-24)18-30-16-7-17-31-19-21-9-6-13-25(29-21)23-11-2-4-15-27-23/h1-6,8-15H,7,16-19H2. The Hall–Kier alpha value is -3.48. The lowest BCUT2D eigenvalue weighted by Gasteiger charge is -2.07. The molecule has 0 spiro atoms. The smallest absolute Gasteiger partial charge is 0.0890 e. The molecule has 4 aromatic heterocycles. The van der Waals surface area contributed by atoms with Crippen LogP contribution in [0.3, 0.4) is 0 Å². The lowest BCUT2D eigenvalue weighted by atomic mass is 10.2. The number of hydrogen-bond donors (Lipinski definition) is 0. The Bertz CT molecular complexity index is 988. The molecular formula is C25H24N4O2. The molecule has 0 fully saturated rings. The number of aromatic nitrogens is 4. The molecule has 156 valence electrons. The molecule has 0 aliphatic rings. The topological polar surface area (TPSA) is 70.0 Å². The van der Waals surface area contributed by atoms with Crippen molar-refractivity contribution >= 4 is 0 Å². The van der Waals surface area contributed by atoms with E-state index >= 15 is 0 Å². The van der Waals surface area contributed by atoms with Crippen LogP contribution < -0.4 is 0 Å². The first-order valence-electron chi connectivity index (χ1n) is 10.3. The molecular weight excluding hydrogens is 388 g/mol. The maximum atomic E-state index is 5.75. The fourth-order valence-corrected chi connectivity index (χ4v) is 3.05. The van der Waals surface area contributed by atoms with E-state index in [0.29, 0.717) is 26.4 Å². The van der Waals surface area contributed by atoms with E-state index in [2.05, 4.69) is 19.9 Å². The van der Waals surface area contributed by atoms with Gasteiger partial charge >= 0.3 is 0 Å². The van der Waals surface area contributed by atoms with Gasteiger partial charge in [0.05, 0.1) is 47.4 Å². The minimum Gasteiger partial charge on any atom is -0.375 e. The zero-order valence-electron chi connectivity index (χ0n) is 17.2. The fraction of sp³-hybridized carbons (Fsp3) is 0.200. The van der Waals surface area contributed by atoms with Gasteiger partial charge in [-0.2, -0.15) is 0 Å². The Morgan fingerprint density at radius 1 is 0.516 bits per heavy atom. The average molecular weight is 412 g/mol. The third-order valence-electron chi connectivity index (χ3n) is 4.55. The van der Waals surface area contributed by atoms with Gasteiger partial charge in [-0.05, 0) is 55.0 Å². The first-order valence-corrected chi connectivity index (χ1v) is 10.3. The molecule has 0 amide bonds. The predicted molar refractivity (Wildman–Crippen MR) is 119 cm³/mol. The van der Waals surface area contributed by atoms with Crippen LogP contribution in [0.5, 0.6) is 0 Å². The zero-order valence-corrected chi connectivity index (χ0v) is 17.2. The highest BCUT2D eigenvalue weighted by molar-refractivity contribution is 5.54. The molecule has 6 heteroatoms. The van der Waals surface area contributed by atoms with Crippen LogP contribution >= 0.6 is 0 Å². The second-order valence-corrected chi connectivity index (χ2v) is 6.92. The number of ether oxygens (including phenoxy) is 2. The molecule has 0 unspecified atom stereocenters. The van der Waals surface area contributed by atoms with E-state index in [1.165, 1.54) is 0 Å². The average Bonchev–Trinajstić information content (AvgIpc) is 2.85. The quantitative estimate of drug-likeness (QED) is 0.351. The van der Waals surface area contributed by atoms with Crippen LogP contribution in [-0.2, 0) is 22.7 Å². The second kappa shape index (κ2) is 11.1. The molecule has 0 N–H and O–H groups in total. The summed E-state index contributed by atoms with van der Waals surface area (Å²) in [5.41, 5.74) is 5.20. The maximum Gasteiger partial charge on any atom is 0.0890 e. The fourth-order valence-electron chi connectivity index (χ4n) is 3.05. The van der Waals surface area contributed by atoms with Crippen LogP contribution in [0.2, 0.25) is 0 Å². The van der Waals surface area contributed by atoms with E-state index in [-0.39, 0.29) is 0 Å². The highest BCUT2D eigenvalue weighted by Crippen LogP contribution is 2.15. The highest BCUT2D eigenvalue weighted by Gasteiger charge is 2.03. The molecule has 4 rings (SSSR count). The molecule has 0 saturated carbocycles. The summed E-state index contributed by atoms with van der Waals surface area (Å²) in [6.07, 6.45) is 4.34. The molecule has 0 aromatic carbocycles. The van der Waals surface area contributed by atoms with E-state index in [1.54, 1.807) is 12.4 Å². The molecule has 0 saturated heterocycles. The number of nitrogens with zero attached hydrogens (tertiary/aromatic N) is 4. The van der Waals surface area contributed by atoms with E-state index < -0.39 is 0 Å². The third kappa shape index (κ3) is 6.25. The lowest BCUT2D eigenvalue weighted by Crippen LogP contribution is -2.04. The van der Waals surface area contributed by atoms with Crippen molar-refractivity contribution in [3.8, 4) is 22.8 Å². The summed E-state index contributed by atoms with van der Waals surface area (Å²) in [6, 6.07) is 23.4. The van der Waals surface area contributed by atoms with Crippen LogP contribution in [0, 0.1) is 0 Å². The minimum absolute atomic E-state index is 0.467. The first-order chi connectivity index (χ1) is 15.4. The molecule has 0 aliphatic carbocycles. The van der Waals surface area contributed by atoms with Gasteiger partial charge in [-0.15, -0.1) is 0 Å². The van der Waals surface area contributed by atoms with Gasteiger partial charge in [-0.25, -0.2) is 9.97 Å². The van der Waals surface area contributed by atoms with E-state index in [9.17, 15) is 0 Å². The van der Waals surface area contributed by atoms with Crippen molar-refractivity contribution in [2.45, 2.75) is 19.6 Å². The van der Waals surface area contributed by atoms with Gasteiger partial charge in [0.1, 0.15) is 0 Å². The SMILES string of the molecule is c1ccc(-c2cccc(COCCCOCc3cccc(-c4ccccn4)n3)n2)nc1. The Labute approximate surface area is 182 Å². The van der Waals surface area contributed by atoms with Crippen LogP contribution in [-0.4, -0.2) is 33.1 Å². The van der Waals surface area contributed by atoms with Gasteiger partial charge in [0.25, 0.3) is 0 Å².